The second kappa shape index (κ2) is 5.91. The molecule has 1 fully saturated rings. The fourth-order valence-corrected chi connectivity index (χ4v) is 1.80. The SMILES string of the molecule is C=C(C)C(=O)OCN1CCC(CC)CC1. The van der Waals surface area contributed by atoms with Crippen molar-refractivity contribution in [3.05, 3.63) is 12.2 Å². The summed E-state index contributed by atoms with van der Waals surface area (Å²) in [7, 11) is 0. The maximum absolute atomic E-state index is 11.2. The van der Waals surface area contributed by atoms with Gasteiger partial charge in [-0.25, -0.2) is 4.79 Å². The molecule has 0 unspecified atom stereocenters. The molecule has 0 aromatic rings. The van der Waals surface area contributed by atoms with E-state index in [0.717, 1.165) is 19.0 Å². The van der Waals surface area contributed by atoms with Crippen molar-refractivity contribution in [3.63, 3.8) is 0 Å². The molecular formula is C12H21NO2. The Morgan fingerprint density at radius 1 is 1.47 bits per heavy atom. The summed E-state index contributed by atoms with van der Waals surface area (Å²) in [5, 5.41) is 0. The van der Waals surface area contributed by atoms with Crippen LogP contribution < -0.4 is 0 Å². The molecule has 1 aliphatic rings. The van der Waals surface area contributed by atoms with E-state index in [9.17, 15) is 4.79 Å². The van der Waals surface area contributed by atoms with Crippen LogP contribution in [-0.2, 0) is 9.53 Å². The minimum absolute atomic E-state index is 0.285. The summed E-state index contributed by atoms with van der Waals surface area (Å²) in [6.45, 7) is 9.97. The number of hydrogen-bond donors (Lipinski definition) is 0. The third-order valence-electron chi connectivity index (χ3n) is 3.01. The van der Waals surface area contributed by atoms with Crippen molar-refractivity contribution in [1.29, 1.82) is 0 Å². The van der Waals surface area contributed by atoms with Gasteiger partial charge in [-0.15, -0.1) is 0 Å². The Morgan fingerprint density at radius 3 is 2.53 bits per heavy atom. The van der Waals surface area contributed by atoms with Gasteiger partial charge in [0, 0.05) is 18.7 Å². The van der Waals surface area contributed by atoms with E-state index in [0.29, 0.717) is 12.3 Å². The average molecular weight is 211 g/mol. The number of rotatable bonds is 4. The van der Waals surface area contributed by atoms with E-state index < -0.39 is 0 Å². The molecule has 0 aromatic carbocycles. The highest BCUT2D eigenvalue weighted by Crippen LogP contribution is 2.19. The second-order valence-electron chi connectivity index (χ2n) is 4.31. The summed E-state index contributed by atoms with van der Waals surface area (Å²) < 4.78 is 5.10. The van der Waals surface area contributed by atoms with Gasteiger partial charge in [-0.3, -0.25) is 4.90 Å². The lowest BCUT2D eigenvalue weighted by molar-refractivity contribution is -0.144. The Bertz CT molecular complexity index is 230. The summed E-state index contributed by atoms with van der Waals surface area (Å²) in [6.07, 6.45) is 3.71. The molecule has 15 heavy (non-hydrogen) atoms. The fraction of sp³-hybridized carbons (Fsp3) is 0.750. The van der Waals surface area contributed by atoms with Gasteiger partial charge in [0.15, 0.2) is 0 Å². The molecule has 0 aromatic heterocycles. The molecule has 0 saturated carbocycles. The van der Waals surface area contributed by atoms with E-state index in [2.05, 4.69) is 18.4 Å². The van der Waals surface area contributed by atoms with Gasteiger partial charge in [0.2, 0.25) is 0 Å². The maximum atomic E-state index is 11.2. The Kier molecular flexibility index (Phi) is 4.82. The van der Waals surface area contributed by atoms with Gasteiger partial charge in [0.1, 0.15) is 6.73 Å². The highest BCUT2D eigenvalue weighted by atomic mass is 16.5. The Hall–Kier alpha value is -0.830. The van der Waals surface area contributed by atoms with Crippen molar-refractivity contribution in [2.24, 2.45) is 5.92 Å². The Balaban J connectivity index is 2.19. The number of nitrogens with zero attached hydrogens (tertiary/aromatic N) is 1. The topological polar surface area (TPSA) is 29.5 Å². The van der Waals surface area contributed by atoms with Crippen LogP contribution in [0.25, 0.3) is 0 Å². The van der Waals surface area contributed by atoms with E-state index in [-0.39, 0.29) is 5.97 Å². The van der Waals surface area contributed by atoms with Crippen molar-refractivity contribution in [1.82, 2.24) is 4.90 Å². The van der Waals surface area contributed by atoms with Crippen LogP contribution in [0.4, 0.5) is 0 Å². The molecule has 0 N–H and O–H groups in total. The number of piperidine rings is 1. The second-order valence-corrected chi connectivity index (χ2v) is 4.31. The summed E-state index contributed by atoms with van der Waals surface area (Å²) >= 11 is 0. The number of esters is 1. The van der Waals surface area contributed by atoms with Crippen LogP contribution in [0.2, 0.25) is 0 Å². The molecular weight excluding hydrogens is 190 g/mol. The fourth-order valence-electron chi connectivity index (χ4n) is 1.80. The van der Waals surface area contributed by atoms with E-state index >= 15 is 0 Å². The molecule has 0 radical (unpaired) electrons. The van der Waals surface area contributed by atoms with E-state index in [1.165, 1.54) is 19.3 Å². The number of carbonyl (C=O) groups is 1. The molecule has 1 rings (SSSR count). The zero-order chi connectivity index (χ0) is 11.3. The van der Waals surface area contributed by atoms with Crippen LogP contribution in [0.1, 0.15) is 33.1 Å². The summed E-state index contributed by atoms with van der Waals surface area (Å²) in [5.74, 6) is 0.575. The van der Waals surface area contributed by atoms with Gasteiger partial charge in [-0.05, 0) is 25.7 Å². The lowest BCUT2D eigenvalue weighted by Gasteiger charge is -2.30. The first-order chi connectivity index (χ1) is 7.13. The van der Waals surface area contributed by atoms with E-state index in [4.69, 9.17) is 4.74 Å². The number of hydrogen-bond acceptors (Lipinski definition) is 3. The summed E-state index contributed by atoms with van der Waals surface area (Å²) in [5.41, 5.74) is 0.471. The highest BCUT2D eigenvalue weighted by molar-refractivity contribution is 5.86. The van der Waals surface area contributed by atoms with Gasteiger partial charge in [-0.2, -0.15) is 0 Å². The number of carbonyl (C=O) groups excluding carboxylic acids is 1. The van der Waals surface area contributed by atoms with Gasteiger partial charge in [0.25, 0.3) is 0 Å². The van der Waals surface area contributed by atoms with Crippen molar-refractivity contribution in [2.75, 3.05) is 19.8 Å². The normalized spacial score (nSPS) is 18.8. The van der Waals surface area contributed by atoms with Crippen molar-refractivity contribution in [3.8, 4) is 0 Å². The van der Waals surface area contributed by atoms with Gasteiger partial charge in [-0.1, -0.05) is 19.9 Å². The minimum atomic E-state index is -0.285. The zero-order valence-electron chi connectivity index (χ0n) is 9.79. The van der Waals surface area contributed by atoms with Crippen molar-refractivity contribution < 1.29 is 9.53 Å². The monoisotopic (exact) mass is 211 g/mol. The molecule has 0 atom stereocenters. The molecule has 0 amide bonds. The Morgan fingerprint density at radius 2 is 2.07 bits per heavy atom. The molecule has 3 heteroatoms. The lowest BCUT2D eigenvalue weighted by atomic mass is 9.95. The average Bonchev–Trinajstić information content (AvgIpc) is 2.26. The summed E-state index contributed by atoms with van der Waals surface area (Å²) in [4.78, 5) is 13.3. The molecule has 0 bridgehead atoms. The molecule has 1 heterocycles. The first kappa shape index (κ1) is 12.2. The predicted molar refractivity (Wildman–Crippen MR) is 60.4 cm³/mol. The maximum Gasteiger partial charge on any atom is 0.334 e. The van der Waals surface area contributed by atoms with Crippen LogP contribution in [0.3, 0.4) is 0 Å². The third-order valence-corrected chi connectivity index (χ3v) is 3.01. The first-order valence-corrected chi connectivity index (χ1v) is 5.68. The van der Waals surface area contributed by atoms with Gasteiger partial charge >= 0.3 is 5.97 Å². The quantitative estimate of drug-likeness (QED) is 0.527. The smallest absolute Gasteiger partial charge is 0.334 e. The number of ether oxygens (including phenoxy) is 1. The van der Waals surface area contributed by atoms with Crippen molar-refractivity contribution >= 4 is 5.97 Å². The van der Waals surface area contributed by atoms with E-state index in [1.54, 1.807) is 6.92 Å². The number of likely N-dealkylation sites (tertiary alicyclic amines) is 1. The van der Waals surface area contributed by atoms with Crippen molar-refractivity contribution in [2.45, 2.75) is 33.1 Å². The zero-order valence-corrected chi connectivity index (χ0v) is 9.79. The van der Waals surface area contributed by atoms with Gasteiger partial charge < -0.3 is 4.74 Å². The van der Waals surface area contributed by atoms with Crippen LogP contribution in [-0.4, -0.2) is 30.7 Å². The third kappa shape index (κ3) is 4.04. The molecule has 0 spiro atoms. The molecule has 1 aliphatic heterocycles. The van der Waals surface area contributed by atoms with Crippen LogP contribution in [0, 0.1) is 5.92 Å². The molecule has 3 nitrogen and oxygen atoms in total. The van der Waals surface area contributed by atoms with Crippen LogP contribution >= 0.6 is 0 Å². The van der Waals surface area contributed by atoms with E-state index in [1.807, 2.05) is 0 Å². The predicted octanol–water partition coefficient (Wildman–Crippen LogP) is 2.19. The first-order valence-electron chi connectivity index (χ1n) is 5.68. The molecule has 86 valence electrons. The minimum Gasteiger partial charge on any atom is -0.446 e. The Labute approximate surface area is 92.1 Å². The highest BCUT2D eigenvalue weighted by Gasteiger charge is 2.18. The van der Waals surface area contributed by atoms with Crippen LogP contribution in [0.15, 0.2) is 12.2 Å². The van der Waals surface area contributed by atoms with Gasteiger partial charge in [0.05, 0.1) is 0 Å². The lowest BCUT2D eigenvalue weighted by Crippen LogP contribution is -2.36. The summed E-state index contributed by atoms with van der Waals surface area (Å²) in [6, 6.07) is 0. The largest absolute Gasteiger partial charge is 0.446 e. The molecule has 1 saturated heterocycles. The molecule has 0 aliphatic carbocycles. The standard InChI is InChI=1S/C12H21NO2/c1-4-11-5-7-13(8-6-11)9-15-12(14)10(2)3/h11H,2,4-9H2,1,3H3. The van der Waals surface area contributed by atoms with Crippen LogP contribution in [0.5, 0.6) is 0 Å².